The van der Waals surface area contributed by atoms with Gasteiger partial charge in [-0.1, -0.05) is 48.5 Å². The zero-order valence-electron chi connectivity index (χ0n) is 19.2. The van der Waals surface area contributed by atoms with Gasteiger partial charge in [0, 0.05) is 17.1 Å². The molecule has 5 rings (SSSR count). The first kappa shape index (κ1) is 24.4. The van der Waals surface area contributed by atoms with E-state index in [1.54, 1.807) is 67.0 Å². The Bertz CT molecular complexity index is 1330. The Morgan fingerprint density at radius 2 is 1.58 bits per heavy atom. The summed E-state index contributed by atoms with van der Waals surface area (Å²) >= 11 is 1.25. The Kier molecular flexibility index (Phi) is 7.26. The number of hydrogen-bond acceptors (Lipinski definition) is 8. The van der Waals surface area contributed by atoms with Crippen LogP contribution in [0.15, 0.2) is 96.5 Å². The van der Waals surface area contributed by atoms with E-state index in [2.05, 4.69) is 10.4 Å². The molecule has 0 aliphatic carbocycles. The summed E-state index contributed by atoms with van der Waals surface area (Å²) in [6.45, 7) is 1.58. The topological polar surface area (TPSA) is 124 Å². The molecule has 1 unspecified atom stereocenters. The summed E-state index contributed by atoms with van der Waals surface area (Å²) in [5.74, 6) is 0.385. The van der Waals surface area contributed by atoms with E-state index in [0.717, 1.165) is 5.01 Å². The quantitative estimate of drug-likeness (QED) is 0.383. The van der Waals surface area contributed by atoms with Crippen LogP contribution in [0.5, 0.6) is 11.5 Å². The van der Waals surface area contributed by atoms with Crippen molar-refractivity contribution in [2.75, 3.05) is 5.43 Å². The summed E-state index contributed by atoms with van der Waals surface area (Å²) in [4.78, 5) is 39.1. The molecule has 1 fully saturated rings. The molecule has 182 valence electrons. The van der Waals surface area contributed by atoms with Crippen molar-refractivity contribution in [1.82, 2.24) is 9.99 Å². The number of aromatic nitrogens is 1. The van der Waals surface area contributed by atoms with Crippen molar-refractivity contribution in [3.8, 4) is 11.5 Å². The molecule has 1 aliphatic rings. The number of para-hydroxylation sites is 2. The lowest BCUT2D eigenvalue weighted by atomic mass is 9.95. The van der Waals surface area contributed by atoms with Crippen molar-refractivity contribution < 1.29 is 23.9 Å². The zero-order chi connectivity index (χ0) is 25.5. The highest BCUT2D eigenvalue weighted by Crippen LogP contribution is 2.35. The Morgan fingerprint density at radius 3 is 2.14 bits per heavy atom. The van der Waals surface area contributed by atoms with Crippen LogP contribution < -0.4 is 15.9 Å². The van der Waals surface area contributed by atoms with Crippen molar-refractivity contribution in [3.05, 3.63) is 107 Å². The Hall–Kier alpha value is -4.70. The second-order valence-electron chi connectivity index (χ2n) is 7.66. The van der Waals surface area contributed by atoms with Crippen LogP contribution in [0.2, 0.25) is 0 Å². The van der Waals surface area contributed by atoms with Crippen LogP contribution in [0, 0.1) is 0 Å². The summed E-state index contributed by atoms with van der Waals surface area (Å²) < 4.78 is 11.2. The minimum atomic E-state index is -1.41. The van der Waals surface area contributed by atoms with Gasteiger partial charge in [-0.2, -0.15) is 0 Å². The first-order valence-electron chi connectivity index (χ1n) is 10.8. The third-order valence-electron chi connectivity index (χ3n) is 5.13. The normalized spacial score (nSPS) is 16.5. The number of thiazole rings is 1. The fourth-order valence-electron chi connectivity index (χ4n) is 3.29. The molecule has 3 amide bonds. The predicted molar refractivity (Wildman–Crippen MR) is 134 cm³/mol. The van der Waals surface area contributed by atoms with Crippen molar-refractivity contribution >= 4 is 34.9 Å². The molecule has 1 aromatic heterocycles. The molecule has 1 aliphatic heterocycles. The summed E-state index contributed by atoms with van der Waals surface area (Å²) in [6, 6.07) is 25.3. The summed E-state index contributed by atoms with van der Waals surface area (Å²) in [5.41, 5.74) is 7.42. The molecule has 0 radical (unpaired) electrons. The third-order valence-corrected chi connectivity index (χ3v) is 5.91. The van der Waals surface area contributed by atoms with Crippen LogP contribution in [0.4, 0.5) is 10.5 Å². The molecular formula is C26H22N4O5S. The van der Waals surface area contributed by atoms with Gasteiger partial charge in [-0.3, -0.25) is 15.0 Å². The number of benzene rings is 3. The number of nitrogens with two attached hydrogens (primary N) is 1. The van der Waals surface area contributed by atoms with E-state index in [9.17, 15) is 14.4 Å². The number of nitrogens with zero attached hydrogens (tertiary/aromatic N) is 2. The molecule has 3 aromatic carbocycles. The van der Waals surface area contributed by atoms with Gasteiger partial charge in [0.1, 0.15) is 11.5 Å². The highest BCUT2D eigenvalue weighted by Gasteiger charge is 2.52. The van der Waals surface area contributed by atoms with Gasteiger partial charge in [-0.15, -0.1) is 16.3 Å². The number of nitrogens with one attached hydrogen (secondary N) is 1. The Morgan fingerprint density at radius 1 is 0.972 bits per heavy atom. The molecule has 10 heteroatoms. The average molecular weight is 503 g/mol. The van der Waals surface area contributed by atoms with Crippen LogP contribution >= 0.6 is 11.3 Å². The highest BCUT2D eigenvalue weighted by molar-refractivity contribution is 7.11. The Labute approximate surface area is 211 Å². The number of cyclic esters (lactones) is 1. The lowest BCUT2D eigenvalue weighted by Crippen LogP contribution is -2.39. The lowest BCUT2D eigenvalue weighted by molar-refractivity contribution is -0.135. The number of primary amides is 1. The fourth-order valence-corrected chi connectivity index (χ4v) is 3.78. The molecule has 9 nitrogen and oxygen atoms in total. The molecule has 1 atom stereocenters. The van der Waals surface area contributed by atoms with Crippen LogP contribution in [0.25, 0.3) is 0 Å². The largest absolute Gasteiger partial charge is 0.457 e. The number of carbonyl (C=O) groups excluding carboxylic acids is 3. The fraction of sp³-hybridized carbons (Fsp3) is 0.0769. The molecule has 0 spiro atoms. The van der Waals surface area contributed by atoms with E-state index in [1.807, 2.05) is 36.4 Å². The van der Waals surface area contributed by atoms with Gasteiger partial charge in [0.15, 0.2) is 5.01 Å². The molecule has 1 saturated heterocycles. The van der Waals surface area contributed by atoms with Gasteiger partial charge in [0.2, 0.25) is 5.60 Å². The number of imide groups is 1. The van der Waals surface area contributed by atoms with Gasteiger partial charge in [-0.25, -0.2) is 9.78 Å². The molecule has 3 N–H and O–H groups in total. The molecule has 2 heterocycles. The summed E-state index contributed by atoms with van der Waals surface area (Å²) in [7, 11) is 0. The lowest BCUT2D eigenvalue weighted by Gasteiger charge is -2.21. The first-order chi connectivity index (χ1) is 17.4. The smallest absolute Gasteiger partial charge is 0.437 e. The van der Waals surface area contributed by atoms with E-state index >= 15 is 0 Å². The number of ether oxygens (including phenoxy) is 2. The zero-order valence-corrected chi connectivity index (χ0v) is 20.0. The van der Waals surface area contributed by atoms with Gasteiger partial charge >= 0.3 is 6.09 Å². The maximum Gasteiger partial charge on any atom is 0.437 e. The standard InChI is InChI=1S/C22H18N2O4.C4H4N2OS/c1-22(16-12-14-19(15-13-16)27-18-10-6-3-7-11-18)20(25)24(21(26)28-22)23-17-8-4-2-5-9-17;5-3(7)4-6-1-2-8-4/h2-15,23H,1H3;1-2H,(H2,5,7). The number of hydrogen-bond donors (Lipinski definition) is 2. The molecule has 4 aromatic rings. The number of amides is 3. The van der Waals surface area contributed by atoms with Gasteiger partial charge in [-0.05, 0) is 43.3 Å². The minimum absolute atomic E-state index is 0.366. The molecule has 0 bridgehead atoms. The first-order valence-corrected chi connectivity index (χ1v) is 11.7. The Balaban J connectivity index is 0.000000325. The van der Waals surface area contributed by atoms with Crippen LogP contribution in [-0.2, 0) is 15.1 Å². The number of hydrazine groups is 1. The second kappa shape index (κ2) is 10.7. The molecule has 0 saturated carbocycles. The number of rotatable bonds is 6. The predicted octanol–water partition coefficient (Wildman–Crippen LogP) is 4.94. The van der Waals surface area contributed by atoms with E-state index in [0.29, 0.717) is 27.8 Å². The van der Waals surface area contributed by atoms with Crippen molar-refractivity contribution in [1.29, 1.82) is 0 Å². The van der Waals surface area contributed by atoms with Crippen molar-refractivity contribution in [3.63, 3.8) is 0 Å². The average Bonchev–Trinajstić information content (AvgIpc) is 3.51. The number of anilines is 1. The SMILES string of the molecule is CC1(c2ccc(Oc3ccccc3)cc2)OC(=O)N(Nc2ccccc2)C1=O.NC(=O)c1nccs1. The maximum absolute atomic E-state index is 12.9. The van der Waals surface area contributed by atoms with Gasteiger partial charge in [0.25, 0.3) is 11.8 Å². The van der Waals surface area contributed by atoms with E-state index in [4.69, 9.17) is 15.2 Å². The summed E-state index contributed by atoms with van der Waals surface area (Å²) in [6.07, 6.45) is 0.797. The number of carbonyl (C=O) groups is 3. The minimum Gasteiger partial charge on any atom is -0.457 e. The molecule has 36 heavy (non-hydrogen) atoms. The van der Waals surface area contributed by atoms with Crippen LogP contribution in [-0.4, -0.2) is 27.9 Å². The van der Waals surface area contributed by atoms with E-state index in [-0.39, 0.29) is 0 Å². The highest BCUT2D eigenvalue weighted by atomic mass is 32.1. The third kappa shape index (κ3) is 5.50. The maximum atomic E-state index is 12.9. The van der Waals surface area contributed by atoms with E-state index < -0.39 is 23.5 Å². The molecular weight excluding hydrogens is 480 g/mol. The second-order valence-corrected chi connectivity index (χ2v) is 8.56. The van der Waals surface area contributed by atoms with Gasteiger partial charge < -0.3 is 15.2 Å². The van der Waals surface area contributed by atoms with Crippen LogP contribution in [0.1, 0.15) is 22.3 Å². The van der Waals surface area contributed by atoms with Crippen LogP contribution in [0.3, 0.4) is 0 Å². The van der Waals surface area contributed by atoms with Crippen molar-refractivity contribution in [2.24, 2.45) is 5.73 Å². The van der Waals surface area contributed by atoms with Gasteiger partial charge in [0.05, 0.1) is 5.69 Å². The van der Waals surface area contributed by atoms with Crippen molar-refractivity contribution in [2.45, 2.75) is 12.5 Å². The monoisotopic (exact) mass is 502 g/mol. The summed E-state index contributed by atoms with van der Waals surface area (Å²) in [5, 5.41) is 2.97. The van der Waals surface area contributed by atoms with E-state index in [1.165, 1.54) is 11.3 Å².